The Kier molecular flexibility index (Phi) is 10.6. The lowest BCUT2D eigenvalue weighted by Gasteiger charge is -2.40. The van der Waals surface area contributed by atoms with Gasteiger partial charge in [-0.15, -0.1) is 26.3 Å². The Morgan fingerprint density at radius 3 is 2.15 bits per heavy atom. The number of benzene rings is 2. The van der Waals surface area contributed by atoms with Crippen molar-refractivity contribution in [2.75, 3.05) is 19.6 Å². The van der Waals surface area contributed by atoms with E-state index in [2.05, 4.69) is 26.4 Å². The molecule has 4 rings (SSSR count). The molecule has 1 aliphatic heterocycles. The van der Waals surface area contributed by atoms with Crippen molar-refractivity contribution in [1.29, 1.82) is 0 Å². The van der Waals surface area contributed by atoms with Gasteiger partial charge in [-0.2, -0.15) is 4.31 Å². The van der Waals surface area contributed by atoms with E-state index in [4.69, 9.17) is 17.3 Å². The number of hydrogen-bond acceptors (Lipinski definition) is 8. The number of halogens is 7. The first-order chi connectivity index (χ1) is 21.9. The van der Waals surface area contributed by atoms with Crippen molar-refractivity contribution in [1.82, 2.24) is 14.5 Å². The Labute approximate surface area is 270 Å². The van der Waals surface area contributed by atoms with Crippen LogP contribution in [0.25, 0.3) is 0 Å². The van der Waals surface area contributed by atoms with Crippen molar-refractivity contribution < 1.29 is 49.0 Å². The van der Waals surface area contributed by atoms with Crippen LogP contribution in [-0.2, 0) is 21.4 Å². The Hall–Kier alpha value is -4.48. The molecule has 3 N–H and O–H groups in total. The molecule has 2 aromatic rings. The molecule has 1 fully saturated rings. The maximum absolute atomic E-state index is 13.7. The number of rotatable bonds is 9. The molecule has 47 heavy (non-hydrogen) atoms. The number of sulfonamides is 1. The van der Waals surface area contributed by atoms with Crippen molar-refractivity contribution in [3.8, 4) is 11.5 Å². The lowest BCUT2D eigenvalue weighted by molar-refractivity contribution is -0.275. The maximum atomic E-state index is 13.7. The van der Waals surface area contributed by atoms with Crippen LogP contribution in [0.1, 0.15) is 5.56 Å². The van der Waals surface area contributed by atoms with Crippen molar-refractivity contribution in [3.05, 3.63) is 102 Å². The molecule has 0 unspecified atom stereocenters. The van der Waals surface area contributed by atoms with Crippen LogP contribution >= 0.6 is 11.6 Å². The molecule has 2 aliphatic rings. The average Bonchev–Trinajstić information content (AvgIpc) is 2.98. The Morgan fingerprint density at radius 1 is 1.02 bits per heavy atom. The zero-order valence-corrected chi connectivity index (χ0v) is 25.6. The van der Waals surface area contributed by atoms with E-state index >= 15 is 0 Å². The first-order valence-corrected chi connectivity index (χ1v) is 15.3. The predicted molar refractivity (Wildman–Crippen MR) is 159 cm³/mol. The molecule has 18 heteroatoms. The molecule has 2 aromatic carbocycles. The minimum atomic E-state index is -4.99. The fourth-order valence-corrected chi connectivity index (χ4v) is 6.30. The van der Waals surface area contributed by atoms with Gasteiger partial charge in [-0.05, 0) is 53.6 Å². The summed E-state index contributed by atoms with van der Waals surface area (Å²) in [7, 11) is -4.46. The first-order valence-electron chi connectivity index (χ1n) is 13.4. The van der Waals surface area contributed by atoms with Crippen LogP contribution < -0.4 is 20.5 Å². The Bertz CT molecular complexity index is 1720. The van der Waals surface area contributed by atoms with E-state index < -0.39 is 51.1 Å². The van der Waals surface area contributed by atoms with E-state index in [-0.39, 0.29) is 32.0 Å². The molecule has 1 heterocycles. The second kappa shape index (κ2) is 14.1. The zero-order valence-electron chi connectivity index (χ0n) is 24.1. The van der Waals surface area contributed by atoms with Crippen LogP contribution in [0.3, 0.4) is 0 Å². The van der Waals surface area contributed by atoms with Gasteiger partial charge in [-0.1, -0.05) is 42.5 Å². The summed E-state index contributed by atoms with van der Waals surface area (Å²) in [5.74, 6) is -1.85. The van der Waals surface area contributed by atoms with Gasteiger partial charge in [0.2, 0.25) is 15.9 Å². The fraction of sp³-hybridized carbons (Fsp3) is 0.241. The number of nitrogens with one attached hydrogen (secondary N) is 1. The van der Waals surface area contributed by atoms with Gasteiger partial charge >= 0.3 is 12.7 Å². The van der Waals surface area contributed by atoms with Crippen molar-refractivity contribution in [2.24, 2.45) is 10.7 Å². The average molecular weight is 706 g/mol. The number of aliphatic imine (C=N–C) groups is 1. The number of allylic oxidation sites excluding steroid dienone is 5. The monoisotopic (exact) mass is 705 g/mol. The molecule has 1 amide bonds. The zero-order chi connectivity index (χ0) is 34.6. The van der Waals surface area contributed by atoms with Crippen LogP contribution in [-0.4, -0.2) is 67.6 Å². The van der Waals surface area contributed by atoms with Gasteiger partial charge < -0.3 is 25.4 Å². The quantitative estimate of drug-likeness (QED) is 0.355. The molecule has 1 atom stereocenters. The number of piperazine rings is 1. The smallest absolute Gasteiger partial charge is 0.406 e. The number of alkyl halides is 6. The lowest BCUT2D eigenvalue weighted by Crippen LogP contribution is -2.60. The predicted octanol–water partition coefficient (Wildman–Crippen LogP) is 4.92. The summed E-state index contributed by atoms with van der Waals surface area (Å²) in [6.07, 6.45) is -3.65. The summed E-state index contributed by atoms with van der Waals surface area (Å²) in [5, 5.41) is 2.87. The van der Waals surface area contributed by atoms with E-state index in [0.717, 1.165) is 40.7 Å². The number of ether oxygens (including phenoxy) is 2. The van der Waals surface area contributed by atoms with E-state index in [1.165, 1.54) is 23.2 Å². The summed E-state index contributed by atoms with van der Waals surface area (Å²) < 4.78 is 111. The van der Waals surface area contributed by atoms with Gasteiger partial charge in [-0.3, -0.25) is 9.79 Å². The largest absolute Gasteiger partial charge is 0.573 e. The highest BCUT2D eigenvalue weighted by molar-refractivity contribution is 7.89. The van der Waals surface area contributed by atoms with Gasteiger partial charge in [0, 0.05) is 26.2 Å². The topological polar surface area (TPSA) is 127 Å². The minimum absolute atomic E-state index is 0.00342. The standard InChI is InChI=1S/C29H26ClF6N5O5S/c1-18-3-2-4-23(30)26(18)38-16-25(37)40-13-14-41(47(43,44)22-11-9-21(10-12-22)46-29(34,35)36)24(17-40)27(42)39-15-19-5-7-20(8-6-19)45-28(31,32)33/h2-12,16,24H,1,13-15,17,37H2,(H,39,42)/b25-16+,38-26?/t24-/m1/s1. The fourth-order valence-electron chi connectivity index (χ4n) is 4.48. The summed E-state index contributed by atoms with van der Waals surface area (Å²) >= 11 is 6.19. The Morgan fingerprint density at radius 2 is 1.60 bits per heavy atom. The van der Waals surface area contributed by atoms with Crippen molar-refractivity contribution >= 4 is 33.2 Å². The number of carbonyl (C=O) groups is 1. The highest BCUT2D eigenvalue weighted by Crippen LogP contribution is 2.28. The molecule has 0 aromatic heterocycles. The molecule has 1 saturated heterocycles. The summed E-state index contributed by atoms with van der Waals surface area (Å²) in [5.41, 5.74) is 7.48. The number of nitrogens with zero attached hydrogens (tertiary/aromatic N) is 3. The van der Waals surface area contributed by atoms with Crippen LogP contribution in [0.5, 0.6) is 11.5 Å². The summed E-state index contributed by atoms with van der Waals surface area (Å²) in [4.78, 5) is 18.9. The third kappa shape index (κ3) is 9.52. The van der Waals surface area contributed by atoms with E-state index in [0.29, 0.717) is 21.9 Å². The number of carbonyl (C=O) groups excluding carboxylic acids is 1. The second-order valence-electron chi connectivity index (χ2n) is 9.94. The molecular weight excluding hydrogens is 680 g/mol. The molecule has 0 spiro atoms. The third-order valence-electron chi connectivity index (χ3n) is 6.68. The second-order valence-corrected chi connectivity index (χ2v) is 12.2. The molecule has 1 aliphatic carbocycles. The lowest BCUT2D eigenvalue weighted by atomic mass is 10.1. The van der Waals surface area contributed by atoms with Gasteiger partial charge in [0.25, 0.3) is 0 Å². The summed E-state index contributed by atoms with van der Waals surface area (Å²) in [6, 6.07) is 6.71. The van der Waals surface area contributed by atoms with Gasteiger partial charge in [0.15, 0.2) is 0 Å². The third-order valence-corrected chi connectivity index (χ3v) is 8.91. The van der Waals surface area contributed by atoms with Crippen molar-refractivity contribution in [3.63, 3.8) is 0 Å². The highest BCUT2D eigenvalue weighted by Gasteiger charge is 2.41. The molecule has 252 valence electrons. The van der Waals surface area contributed by atoms with E-state index in [9.17, 15) is 39.6 Å². The van der Waals surface area contributed by atoms with Crippen LogP contribution in [0.4, 0.5) is 26.3 Å². The van der Waals surface area contributed by atoms with Gasteiger partial charge in [0.05, 0.1) is 21.8 Å². The number of hydrogen-bond donors (Lipinski definition) is 2. The van der Waals surface area contributed by atoms with E-state index in [1.54, 1.807) is 18.2 Å². The number of amides is 1. The molecule has 0 radical (unpaired) electrons. The molecule has 0 saturated carbocycles. The van der Waals surface area contributed by atoms with E-state index in [1.807, 2.05) is 0 Å². The van der Waals surface area contributed by atoms with Gasteiger partial charge in [0.1, 0.15) is 23.4 Å². The first kappa shape index (κ1) is 35.4. The van der Waals surface area contributed by atoms with Crippen LogP contribution in [0.2, 0.25) is 0 Å². The highest BCUT2D eigenvalue weighted by atomic mass is 35.5. The number of nitrogens with two attached hydrogens (primary N) is 1. The SMILES string of the molecule is C=C1C=CC=C(Cl)C1=N/C=C(\N)N1CCN(S(=O)(=O)c2ccc(OC(F)(F)F)cc2)[C@@H](C(=O)NCc2ccc(OC(F)(F)F)cc2)C1. The van der Waals surface area contributed by atoms with Crippen molar-refractivity contribution in [2.45, 2.75) is 30.2 Å². The Balaban J connectivity index is 1.57. The van der Waals surface area contributed by atoms with Crippen LogP contribution in [0, 0.1) is 0 Å². The minimum Gasteiger partial charge on any atom is -0.406 e. The maximum Gasteiger partial charge on any atom is 0.573 e. The molecule has 0 bridgehead atoms. The molecular formula is C29H26ClF6N5O5S. The summed E-state index contributed by atoms with van der Waals surface area (Å²) in [6.45, 7) is 3.11. The van der Waals surface area contributed by atoms with Crippen LogP contribution in [0.15, 0.2) is 106 Å². The van der Waals surface area contributed by atoms with Gasteiger partial charge in [-0.25, -0.2) is 8.42 Å². The normalized spacial score (nSPS) is 19.0. The molecule has 10 nitrogen and oxygen atoms in total.